The Morgan fingerprint density at radius 1 is 1.27 bits per heavy atom. The van der Waals surface area contributed by atoms with Crippen LogP contribution in [0.25, 0.3) is 0 Å². The molecule has 0 aliphatic heterocycles. The monoisotopic (exact) mass is 443 g/mol. The highest BCUT2D eigenvalue weighted by Gasteiger charge is 2.57. The summed E-state index contributed by atoms with van der Waals surface area (Å²) in [5.74, 6) is -1.89. The van der Waals surface area contributed by atoms with E-state index in [4.69, 9.17) is 15.6 Å². The Morgan fingerprint density at radius 2 is 1.83 bits per heavy atom. The molecule has 30 heavy (non-hydrogen) atoms. The highest BCUT2D eigenvalue weighted by molar-refractivity contribution is 7.11. The Hall–Kier alpha value is -2.46. The zero-order chi connectivity index (χ0) is 22.7. The second-order valence-electron chi connectivity index (χ2n) is 7.55. The minimum absolute atomic E-state index is 0.0899. The van der Waals surface area contributed by atoms with Crippen molar-refractivity contribution in [3.8, 4) is 0 Å². The molecule has 0 saturated heterocycles. The maximum Gasteiger partial charge on any atom is 0.490 e. The molecule has 0 spiro atoms. The number of aromatic nitrogens is 1. The number of carboxylic acids is 1. The van der Waals surface area contributed by atoms with Crippen LogP contribution in [0.2, 0.25) is 0 Å². The number of amides is 1. The summed E-state index contributed by atoms with van der Waals surface area (Å²) in [5.41, 5.74) is 7.69. The molecule has 0 bridgehead atoms. The number of carbonyl (C=O) groups excluding carboxylic acids is 1. The van der Waals surface area contributed by atoms with Gasteiger partial charge in [0.25, 0.3) is 5.91 Å². The van der Waals surface area contributed by atoms with Crippen LogP contribution in [-0.4, -0.2) is 34.7 Å². The molecule has 1 fully saturated rings. The first-order valence-electron chi connectivity index (χ1n) is 9.19. The summed E-state index contributed by atoms with van der Waals surface area (Å²) < 4.78 is 31.7. The molecule has 2 atom stereocenters. The van der Waals surface area contributed by atoms with E-state index in [1.807, 2.05) is 13.0 Å². The number of carbonyl (C=O) groups is 2. The number of thiazole rings is 1. The molecule has 0 unspecified atom stereocenters. The van der Waals surface area contributed by atoms with Gasteiger partial charge >= 0.3 is 12.1 Å². The lowest BCUT2D eigenvalue weighted by molar-refractivity contribution is -0.192. The van der Waals surface area contributed by atoms with Crippen LogP contribution in [0.4, 0.5) is 13.2 Å². The van der Waals surface area contributed by atoms with Crippen LogP contribution in [0, 0.1) is 18.3 Å². The molecule has 2 aromatic rings. The summed E-state index contributed by atoms with van der Waals surface area (Å²) in [6.07, 6.45) is -5.08. The molecule has 10 heteroatoms. The minimum atomic E-state index is -5.08. The van der Waals surface area contributed by atoms with Gasteiger partial charge in [-0.25, -0.2) is 9.78 Å². The van der Waals surface area contributed by atoms with Crippen LogP contribution in [0.15, 0.2) is 30.3 Å². The average Bonchev–Trinajstić information content (AvgIpc) is 3.01. The molecular formula is C20H24F3N3O3S. The van der Waals surface area contributed by atoms with Gasteiger partial charge in [-0.2, -0.15) is 13.2 Å². The Labute approximate surface area is 176 Å². The zero-order valence-corrected chi connectivity index (χ0v) is 17.6. The Kier molecular flexibility index (Phi) is 7.25. The van der Waals surface area contributed by atoms with Crippen LogP contribution in [-0.2, 0) is 11.3 Å². The van der Waals surface area contributed by atoms with Crippen LogP contribution >= 0.6 is 11.3 Å². The van der Waals surface area contributed by atoms with Crippen molar-refractivity contribution >= 4 is 23.2 Å². The van der Waals surface area contributed by atoms with Crippen molar-refractivity contribution < 1.29 is 27.9 Å². The maximum absolute atomic E-state index is 12.4. The van der Waals surface area contributed by atoms with E-state index < -0.39 is 12.1 Å². The summed E-state index contributed by atoms with van der Waals surface area (Å²) >= 11 is 1.49. The van der Waals surface area contributed by atoms with E-state index in [9.17, 15) is 18.0 Å². The molecule has 1 saturated carbocycles. The third-order valence-corrected chi connectivity index (χ3v) is 6.16. The fourth-order valence-electron chi connectivity index (χ4n) is 3.48. The van der Waals surface area contributed by atoms with Crippen molar-refractivity contribution in [3.05, 3.63) is 51.5 Å². The number of aryl methyl sites for hydroxylation is 1. The fraction of sp³-hybridized carbons (Fsp3) is 0.450. The van der Waals surface area contributed by atoms with E-state index in [0.717, 1.165) is 9.88 Å². The van der Waals surface area contributed by atoms with E-state index >= 15 is 0 Å². The lowest BCUT2D eigenvalue weighted by Gasteiger charge is -2.05. The molecule has 0 radical (unpaired) electrons. The lowest BCUT2D eigenvalue weighted by atomic mass is 10.0. The van der Waals surface area contributed by atoms with Crippen molar-refractivity contribution in [2.45, 2.75) is 39.4 Å². The molecule has 1 aromatic heterocycles. The van der Waals surface area contributed by atoms with Gasteiger partial charge in [0.05, 0.1) is 0 Å². The predicted molar refractivity (Wildman–Crippen MR) is 107 cm³/mol. The molecule has 1 heterocycles. The number of alkyl halides is 3. The summed E-state index contributed by atoms with van der Waals surface area (Å²) in [6, 6.07) is 10.5. The van der Waals surface area contributed by atoms with Crippen molar-refractivity contribution in [1.82, 2.24) is 10.3 Å². The number of halogens is 3. The van der Waals surface area contributed by atoms with E-state index in [-0.39, 0.29) is 11.3 Å². The maximum atomic E-state index is 12.4. The van der Waals surface area contributed by atoms with Crippen LogP contribution < -0.4 is 11.1 Å². The van der Waals surface area contributed by atoms with Gasteiger partial charge < -0.3 is 16.2 Å². The Bertz CT molecular complexity index is 898. The molecule has 1 amide bonds. The smallest absolute Gasteiger partial charge is 0.475 e. The van der Waals surface area contributed by atoms with Gasteiger partial charge in [-0.15, -0.1) is 11.3 Å². The average molecular weight is 443 g/mol. The number of hydrogen-bond acceptors (Lipinski definition) is 5. The largest absolute Gasteiger partial charge is 0.490 e. The number of carboxylic acid groups (broad SMARTS) is 1. The van der Waals surface area contributed by atoms with Gasteiger partial charge in [-0.1, -0.05) is 44.2 Å². The van der Waals surface area contributed by atoms with Gasteiger partial charge in [0, 0.05) is 18.0 Å². The molecule has 1 aromatic carbocycles. The van der Waals surface area contributed by atoms with Crippen LogP contribution in [0.1, 0.15) is 45.7 Å². The minimum Gasteiger partial charge on any atom is -0.475 e. The van der Waals surface area contributed by atoms with Gasteiger partial charge in [0.1, 0.15) is 10.7 Å². The number of aliphatic carboxylic acids is 1. The lowest BCUT2D eigenvalue weighted by Crippen LogP contribution is -2.27. The number of nitrogens with zero attached hydrogens (tertiary/aromatic N) is 1. The highest BCUT2D eigenvalue weighted by Crippen LogP contribution is 2.63. The molecule has 164 valence electrons. The van der Waals surface area contributed by atoms with Gasteiger partial charge in [0.15, 0.2) is 0 Å². The van der Waals surface area contributed by atoms with Crippen LogP contribution in [0.3, 0.4) is 0 Å². The van der Waals surface area contributed by atoms with Crippen LogP contribution in [0.5, 0.6) is 0 Å². The quantitative estimate of drug-likeness (QED) is 0.653. The van der Waals surface area contributed by atoms with E-state index in [2.05, 4.69) is 48.4 Å². The SMILES string of the molecule is Cc1sc(CN)nc1C(=O)NC[C@@H]1[C@@H](c2ccccc2)C1(C)C.O=C(O)C(F)(F)F. The first-order chi connectivity index (χ1) is 13.9. The standard InChI is InChI=1S/C18H23N3OS.C2HF3O2/c1-11-16(21-14(9-19)23-11)17(22)20-10-13-15(18(13,2)3)12-7-5-4-6-8-12;3-2(4,5)1(6)7/h4-8,13,15H,9-10,19H2,1-3H3,(H,20,22);(H,6,7)/t13-,15-;/m1./s1. The second-order valence-corrected chi connectivity index (χ2v) is 8.83. The summed E-state index contributed by atoms with van der Waals surface area (Å²) in [4.78, 5) is 26.5. The van der Waals surface area contributed by atoms with E-state index in [1.54, 1.807) is 0 Å². The number of benzene rings is 1. The van der Waals surface area contributed by atoms with Gasteiger partial charge in [0.2, 0.25) is 0 Å². The molecule has 4 N–H and O–H groups in total. The number of hydrogen-bond donors (Lipinski definition) is 3. The topological polar surface area (TPSA) is 105 Å². The molecular weight excluding hydrogens is 419 g/mol. The molecule has 1 aliphatic rings. The molecule has 6 nitrogen and oxygen atoms in total. The summed E-state index contributed by atoms with van der Waals surface area (Å²) in [7, 11) is 0. The summed E-state index contributed by atoms with van der Waals surface area (Å²) in [6.45, 7) is 7.51. The Morgan fingerprint density at radius 3 is 2.30 bits per heavy atom. The van der Waals surface area contributed by atoms with Gasteiger partial charge in [-0.3, -0.25) is 4.79 Å². The van der Waals surface area contributed by atoms with Crippen molar-refractivity contribution in [3.63, 3.8) is 0 Å². The Balaban J connectivity index is 0.000000396. The fourth-order valence-corrected chi connectivity index (χ4v) is 4.29. The third-order valence-electron chi connectivity index (χ3n) is 5.16. The second kappa shape index (κ2) is 9.13. The summed E-state index contributed by atoms with van der Waals surface area (Å²) in [5, 5.41) is 11.0. The van der Waals surface area contributed by atoms with Gasteiger partial charge in [-0.05, 0) is 29.7 Å². The number of rotatable bonds is 5. The normalized spacial score (nSPS) is 19.4. The highest BCUT2D eigenvalue weighted by atomic mass is 32.1. The molecule has 1 aliphatic carbocycles. The van der Waals surface area contributed by atoms with E-state index in [0.29, 0.717) is 30.6 Å². The third kappa shape index (κ3) is 5.57. The van der Waals surface area contributed by atoms with Crippen molar-refractivity contribution in [1.29, 1.82) is 0 Å². The number of nitrogens with two attached hydrogens (primary N) is 1. The first-order valence-corrected chi connectivity index (χ1v) is 10.0. The predicted octanol–water partition coefficient (Wildman–Crippen LogP) is 3.71. The van der Waals surface area contributed by atoms with Crippen molar-refractivity contribution in [2.24, 2.45) is 17.1 Å². The van der Waals surface area contributed by atoms with E-state index in [1.165, 1.54) is 16.9 Å². The first kappa shape index (κ1) is 23.8. The molecule has 3 rings (SSSR count). The number of nitrogens with one attached hydrogen (secondary N) is 1. The van der Waals surface area contributed by atoms with Crippen molar-refractivity contribution in [2.75, 3.05) is 6.54 Å². The zero-order valence-electron chi connectivity index (χ0n) is 16.8.